The van der Waals surface area contributed by atoms with Crippen LogP contribution in [-0.2, 0) is 0 Å². The second kappa shape index (κ2) is 2.28. The minimum Gasteiger partial charge on any atom is -0.398 e. The van der Waals surface area contributed by atoms with Gasteiger partial charge in [-0.3, -0.25) is 0 Å². The molecule has 2 heterocycles. The maximum atomic E-state index is 5.57. The molecule has 58 valence electrons. The van der Waals surface area contributed by atoms with Gasteiger partial charge in [0.05, 0.1) is 0 Å². The number of nitrogen functional groups attached to an aromatic ring is 1. The average Bonchev–Trinajstić information content (AvgIpc) is 2.46. The highest BCUT2D eigenvalue weighted by Crippen LogP contribution is 2.07. The smallest absolute Gasteiger partial charge is 0.138 e. The Morgan fingerprint density at radius 3 is 3.00 bits per heavy atom. The minimum atomic E-state index is 0.626. The van der Waals surface area contributed by atoms with Crippen LogP contribution in [0.1, 0.15) is 5.69 Å². The molecule has 0 radical (unpaired) electrons. The Kier molecular flexibility index (Phi) is 1.28. The maximum Gasteiger partial charge on any atom is 0.138 e. The van der Waals surface area contributed by atoms with Crippen LogP contribution in [-0.4, -0.2) is 9.38 Å². The number of hydrogen-bond acceptors (Lipinski definition) is 2. The van der Waals surface area contributed by atoms with Crippen molar-refractivity contribution in [3.63, 3.8) is 0 Å². The average molecular weight is 157 g/mol. The summed E-state index contributed by atoms with van der Waals surface area (Å²) < 4.78 is 1.81. The summed E-state index contributed by atoms with van der Waals surface area (Å²) in [4.78, 5) is 4.14. The number of anilines is 1. The third kappa shape index (κ3) is 0.903. The largest absolute Gasteiger partial charge is 0.398 e. The predicted molar refractivity (Wildman–Crippen MR) is 47.5 cm³/mol. The maximum absolute atomic E-state index is 5.57. The molecule has 12 heavy (non-hydrogen) atoms. The first-order valence-electron chi connectivity index (χ1n) is 3.50. The second-order valence-electron chi connectivity index (χ2n) is 2.50. The summed E-state index contributed by atoms with van der Waals surface area (Å²) in [5.41, 5.74) is 7.71. The Bertz CT molecular complexity index is 462. The van der Waals surface area contributed by atoms with Gasteiger partial charge < -0.3 is 10.1 Å². The van der Waals surface area contributed by atoms with Gasteiger partial charge in [-0.1, -0.05) is 0 Å². The number of aromatic nitrogens is 2. The number of pyridine rings is 1. The van der Waals surface area contributed by atoms with E-state index in [4.69, 9.17) is 12.2 Å². The van der Waals surface area contributed by atoms with E-state index < -0.39 is 0 Å². The lowest BCUT2D eigenvalue weighted by Gasteiger charge is -1.93. The molecule has 0 aliphatic heterocycles. The second-order valence-corrected chi connectivity index (χ2v) is 2.50. The van der Waals surface area contributed by atoms with Crippen molar-refractivity contribution in [3.05, 3.63) is 30.2 Å². The lowest BCUT2D eigenvalue weighted by atomic mass is 10.4. The lowest BCUT2D eigenvalue weighted by Crippen LogP contribution is -1.88. The summed E-state index contributed by atoms with van der Waals surface area (Å²) in [6.45, 7) is 0. The van der Waals surface area contributed by atoms with Crippen LogP contribution in [0, 0.1) is 12.3 Å². The highest BCUT2D eigenvalue weighted by atomic mass is 15.0. The lowest BCUT2D eigenvalue weighted by molar-refractivity contribution is 1.19. The molecule has 0 amide bonds. The normalized spacial score (nSPS) is 9.92. The van der Waals surface area contributed by atoms with Crippen molar-refractivity contribution in [2.24, 2.45) is 0 Å². The molecule has 0 spiro atoms. The summed E-state index contributed by atoms with van der Waals surface area (Å²) >= 11 is 0. The molecule has 0 fully saturated rings. The number of terminal acetylenes is 1. The van der Waals surface area contributed by atoms with E-state index in [2.05, 4.69) is 10.9 Å². The van der Waals surface area contributed by atoms with Crippen LogP contribution >= 0.6 is 0 Å². The molecule has 2 rings (SSSR count). The highest BCUT2D eigenvalue weighted by Gasteiger charge is 1.97. The zero-order valence-corrected chi connectivity index (χ0v) is 6.36. The number of nitrogens with two attached hydrogens (primary N) is 1. The molecule has 2 N–H and O–H groups in total. The van der Waals surface area contributed by atoms with Crippen molar-refractivity contribution in [3.8, 4) is 12.3 Å². The van der Waals surface area contributed by atoms with Crippen LogP contribution < -0.4 is 5.73 Å². The zero-order valence-electron chi connectivity index (χ0n) is 6.36. The number of nitrogens with zero attached hydrogens (tertiary/aromatic N) is 2. The number of imidazole rings is 1. The number of hydrogen-bond donors (Lipinski definition) is 1. The van der Waals surface area contributed by atoms with E-state index in [0.29, 0.717) is 11.4 Å². The Balaban J connectivity index is 2.77. The third-order valence-corrected chi connectivity index (χ3v) is 1.62. The van der Waals surface area contributed by atoms with E-state index in [0.717, 1.165) is 5.65 Å². The van der Waals surface area contributed by atoms with Gasteiger partial charge in [-0.15, -0.1) is 6.42 Å². The van der Waals surface area contributed by atoms with Gasteiger partial charge in [0.15, 0.2) is 0 Å². The van der Waals surface area contributed by atoms with Crippen molar-refractivity contribution in [2.45, 2.75) is 0 Å². The standard InChI is InChI=1S/C9H7N3/c1-2-8-6-12-5-7(10)3-4-9(12)11-8/h1,3-6H,10H2. The fraction of sp³-hybridized carbons (Fsp3) is 0. The summed E-state index contributed by atoms with van der Waals surface area (Å²) in [5.74, 6) is 2.46. The van der Waals surface area contributed by atoms with Crippen molar-refractivity contribution < 1.29 is 0 Å². The summed E-state index contributed by atoms with van der Waals surface area (Å²) in [7, 11) is 0. The van der Waals surface area contributed by atoms with Crippen molar-refractivity contribution in [1.82, 2.24) is 9.38 Å². The van der Waals surface area contributed by atoms with Crippen LogP contribution in [0.15, 0.2) is 24.5 Å². The van der Waals surface area contributed by atoms with Gasteiger partial charge in [-0.25, -0.2) is 4.98 Å². The number of rotatable bonds is 0. The first kappa shape index (κ1) is 6.74. The van der Waals surface area contributed by atoms with Gasteiger partial charge >= 0.3 is 0 Å². The molecule has 3 heteroatoms. The van der Waals surface area contributed by atoms with Gasteiger partial charge in [-0.2, -0.15) is 0 Å². The molecule has 0 saturated carbocycles. The Labute approximate surface area is 69.8 Å². The van der Waals surface area contributed by atoms with Crippen LogP contribution in [0.4, 0.5) is 5.69 Å². The molecule has 0 aliphatic carbocycles. The third-order valence-electron chi connectivity index (χ3n) is 1.62. The minimum absolute atomic E-state index is 0.626. The molecule has 2 aromatic heterocycles. The molecular weight excluding hydrogens is 150 g/mol. The van der Waals surface area contributed by atoms with Gasteiger partial charge in [0, 0.05) is 18.1 Å². The molecule has 0 unspecified atom stereocenters. The van der Waals surface area contributed by atoms with E-state index in [9.17, 15) is 0 Å². The first-order valence-corrected chi connectivity index (χ1v) is 3.50. The van der Waals surface area contributed by atoms with E-state index in [1.54, 1.807) is 18.5 Å². The van der Waals surface area contributed by atoms with E-state index in [1.165, 1.54) is 0 Å². The Morgan fingerprint density at radius 2 is 2.25 bits per heavy atom. The van der Waals surface area contributed by atoms with E-state index in [-0.39, 0.29) is 0 Å². The van der Waals surface area contributed by atoms with Crippen molar-refractivity contribution in [1.29, 1.82) is 0 Å². The molecule has 0 aliphatic rings. The molecule has 0 saturated heterocycles. The summed E-state index contributed by atoms with van der Waals surface area (Å²) in [5, 5.41) is 0. The van der Waals surface area contributed by atoms with Gasteiger partial charge in [0.1, 0.15) is 11.3 Å². The van der Waals surface area contributed by atoms with Crippen molar-refractivity contribution in [2.75, 3.05) is 5.73 Å². The van der Waals surface area contributed by atoms with E-state index in [1.807, 2.05) is 10.5 Å². The highest BCUT2D eigenvalue weighted by molar-refractivity contribution is 5.49. The quantitative estimate of drug-likeness (QED) is 0.577. The topological polar surface area (TPSA) is 43.3 Å². The van der Waals surface area contributed by atoms with Gasteiger partial charge in [0.25, 0.3) is 0 Å². The monoisotopic (exact) mass is 157 g/mol. The fourth-order valence-electron chi connectivity index (χ4n) is 1.08. The van der Waals surface area contributed by atoms with E-state index >= 15 is 0 Å². The summed E-state index contributed by atoms with van der Waals surface area (Å²) in [6, 6.07) is 3.62. The van der Waals surface area contributed by atoms with Crippen LogP contribution in [0.5, 0.6) is 0 Å². The number of fused-ring (bicyclic) bond motifs is 1. The Hall–Kier alpha value is -1.95. The SMILES string of the molecule is C#Cc1cn2cc(N)ccc2n1. The molecule has 3 nitrogen and oxygen atoms in total. The summed E-state index contributed by atoms with van der Waals surface area (Å²) in [6.07, 6.45) is 8.75. The predicted octanol–water partition coefficient (Wildman–Crippen LogP) is 0.898. The zero-order chi connectivity index (χ0) is 8.55. The molecule has 0 bridgehead atoms. The first-order chi connectivity index (χ1) is 5.79. The van der Waals surface area contributed by atoms with Crippen LogP contribution in [0.25, 0.3) is 5.65 Å². The van der Waals surface area contributed by atoms with Crippen LogP contribution in [0.3, 0.4) is 0 Å². The molecule has 2 aromatic rings. The van der Waals surface area contributed by atoms with Gasteiger partial charge in [0.2, 0.25) is 0 Å². The van der Waals surface area contributed by atoms with Crippen molar-refractivity contribution >= 4 is 11.3 Å². The van der Waals surface area contributed by atoms with Crippen LogP contribution in [0.2, 0.25) is 0 Å². The molecule has 0 atom stereocenters. The molecular formula is C9H7N3. The van der Waals surface area contributed by atoms with Gasteiger partial charge in [-0.05, 0) is 18.1 Å². The fourth-order valence-corrected chi connectivity index (χ4v) is 1.08. The Morgan fingerprint density at radius 1 is 1.42 bits per heavy atom. The molecule has 0 aromatic carbocycles.